The molecule has 102 valence electrons. The molecule has 0 aromatic heterocycles. The van der Waals surface area contributed by atoms with E-state index in [1.165, 1.54) is 0 Å². The van der Waals surface area contributed by atoms with Gasteiger partial charge < -0.3 is 10.2 Å². The van der Waals surface area contributed by atoms with Crippen LogP contribution >= 0.6 is 0 Å². The zero-order valence-corrected chi connectivity index (χ0v) is 11.8. The molecule has 2 N–H and O–H groups in total. The Bertz CT molecular complexity index is 352. The Morgan fingerprint density at radius 2 is 1.61 bits per heavy atom. The van der Waals surface area contributed by atoms with Crippen molar-refractivity contribution in [3.8, 4) is 0 Å². The van der Waals surface area contributed by atoms with Gasteiger partial charge in [-0.25, -0.2) is 0 Å². The highest BCUT2D eigenvalue weighted by atomic mass is 16.3. The topological polar surface area (TPSA) is 40.5 Å². The van der Waals surface area contributed by atoms with Crippen LogP contribution in [0.15, 0.2) is 24.3 Å². The fourth-order valence-corrected chi connectivity index (χ4v) is 2.76. The van der Waals surface area contributed by atoms with E-state index in [9.17, 15) is 10.2 Å². The van der Waals surface area contributed by atoms with Crippen LogP contribution in [-0.2, 0) is 5.41 Å². The van der Waals surface area contributed by atoms with Crippen LogP contribution in [0.5, 0.6) is 0 Å². The first-order valence-electron chi connectivity index (χ1n) is 6.91. The molecule has 0 amide bonds. The number of rotatable bonds is 7. The van der Waals surface area contributed by atoms with E-state index in [0.717, 1.165) is 30.4 Å². The number of hydrogen-bond donors (Lipinski definition) is 2. The van der Waals surface area contributed by atoms with Gasteiger partial charge in [0, 0.05) is 5.41 Å². The van der Waals surface area contributed by atoms with Gasteiger partial charge in [-0.3, -0.25) is 0 Å². The van der Waals surface area contributed by atoms with Crippen LogP contribution in [0.2, 0.25) is 0 Å². The van der Waals surface area contributed by atoms with Crippen molar-refractivity contribution in [1.29, 1.82) is 0 Å². The molecule has 0 aliphatic carbocycles. The molecule has 1 aromatic rings. The van der Waals surface area contributed by atoms with Crippen LogP contribution in [0.3, 0.4) is 0 Å². The third kappa shape index (κ3) is 3.12. The summed E-state index contributed by atoms with van der Waals surface area (Å²) in [6, 6.07) is 8.05. The summed E-state index contributed by atoms with van der Waals surface area (Å²) in [5.41, 5.74) is 1.73. The summed E-state index contributed by atoms with van der Waals surface area (Å²) >= 11 is 0. The summed E-state index contributed by atoms with van der Waals surface area (Å²) in [4.78, 5) is 0. The van der Waals surface area contributed by atoms with Crippen LogP contribution in [0.25, 0.3) is 0 Å². The zero-order chi connectivity index (χ0) is 13.6. The molecular formula is C16H26O2. The van der Waals surface area contributed by atoms with Gasteiger partial charge in [0.1, 0.15) is 0 Å². The molecule has 2 heteroatoms. The lowest BCUT2D eigenvalue weighted by atomic mass is 9.72. The largest absolute Gasteiger partial charge is 0.395 e. The molecule has 0 aliphatic heterocycles. The Labute approximate surface area is 111 Å². The highest BCUT2D eigenvalue weighted by molar-refractivity contribution is 5.34. The minimum Gasteiger partial charge on any atom is -0.395 e. The van der Waals surface area contributed by atoms with Crippen molar-refractivity contribution >= 4 is 0 Å². The summed E-state index contributed by atoms with van der Waals surface area (Å²) in [6.45, 7) is 6.40. The summed E-state index contributed by atoms with van der Waals surface area (Å²) in [5.74, 6) is 0.545. The molecule has 0 unspecified atom stereocenters. The molecule has 0 heterocycles. The zero-order valence-electron chi connectivity index (χ0n) is 11.8. The minimum atomic E-state index is -0.498. The Kier molecular flexibility index (Phi) is 5.83. The first-order chi connectivity index (χ1) is 8.63. The van der Waals surface area contributed by atoms with Crippen molar-refractivity contribution in [2.75, 3.05) is 13.2 Å². The predicted octanol–water partition coefficient (Wildman–Crippen LogP) is 3.04. The van der Waals surface area contributed by atoms with Crippen molar-refractivity contribution in [3.05, 3.63) is 35.4 Å². The van der Waals surface area contributed by atoms with Crippen LogP contribution in [-0.4, -0.2) is 23.4 Å². The maximum Gasteiger partial charge on any atom is 0.0550 e. The molecule has 0 saturated carbocycles. The second-order valence-corrected chi connectivity index (χ2v) is 5.30. The highest BCUT2D eigenvalue weighted by Gasteiger charge is 2.34. The van der Waals surface area contributed by atoms with Gasteiger partial charge in [-0.1, -0.05) is 51.0 Å². The molecule has 18 heavy (non-hydrogen) atoms. The molecule has 0 saturated heterocycles. The minimum absolute atomic E-state index is 0.00481. The fraction of sp³-hybridized carbons (Fsp3) is 0.625. The van der Waals surface area contributed by atoms with E-state index in [0.29, 0.717) is 5.92 Å². The molecule has 0 atom stereocenters. The van der Waals surface area contributed by atoms with Gasteiger partial charge in [-0.2, -0.15) is 0 Å². The van der Waals surface area contributed by atoms with Crippen molar-refractivity contribution in [3.63, 3.8) is 0 Å². The maximum atomic E-state index is 9.83. The van der Waals surface area contributed by atoms with E-state index in [-0.39, 0.29) is 13.2 Å². The Morgan fingerprint density at radius 1 is 1.06 bits per heavy atom. The number of aryl methyl sites for hydroxylation is 1. The van der Waals surface area contributed by atoms with E-state index in [2.05, 4.69) is 13.8 Å². The third-order valence-electron chi connectivity index (χ3n) is 4.16. The quantitative estimate of drug-likeness (QED) is 0.781. The summed E-state index contributed by atoms with van der Waals surface area (Å²) in [7, 11) is 0. The Balaban J connectivity index is 3.10. The standard InChI is InChI=1S/C16H26O2/c1-4-14(5-2)10-16(11-17,12-18)15-9-7-6-8-13(15)3/h6-9,14,17-18H,4-5,10-12H2,1-3H3. The lowest BCUT2D eigenvalue weighted by Gasteiger charge is -2.35. The van der Waals surface area contributed by atoms with E-state index in [1.54, 1.807) is 0 Å². The Hall–Kier alpha value is -0.860. The van der Waals surface area contributed by atoms with Crippen LogP contribution < -0.4 is 0 Å². The van der Waals surface area contributed by atoms with Gasteiger partial charge in [0.25, 0.3) is 0 Å². The van der Waals surface area contributed by atoms with Crippen molar-refractivity contribution in [2.24, 2.45) is 5.92 Å². The number of aliphatic hydroxyl groups excluding tert-OH is 2. The second kappa shape index (κ2) is 6.91. The molecule has 0 spiro atoms. The normalized spacial score (nSPS) is 12.1. The first-order valence-corrected chi connectivity index (χ1v) is 6.91. The Morgan fingerprint density at radius 3 is 2.06 bits per heavy atom. The van der Waals surface area contributed by atoms with E-state index in [4.69, 9.17) is 0 Å². The van der Waals surface area contributed by atoms with E-state index in [1.807, 2.05) is 31.2 Å². The lowest BCUT2D eigenvalue weighted by molar-refractivity contribution is 0.0929. The van der Waals surface area contributed by atoms with Crippen LogP contribution in [0, 0.1) is 12.8 Å². The monoisotopic (exact) mass is 250 g/mol. The molecular weight excluding hydrogens is 224 g/mol. The average molecular weight is 250 g/mol. The van der Waals surface area contributed by atoms with Gasteiger partial charge in [0.2, 0.25) is 0 Å². The third-order valence-corrected chi connectivity index (χ3v) is 4.16. The summed E-state index contributed by atoms with van der Waals surface area (Å²) in [6.07, 6.45) is 3.02. The van der Waals surface area contributed by atoms with Gasteiger partial charge in [0.05, 0.1) is 13.2 Å². The SMILES string of the molecule is CCC(CC)CC(CO)(CO)c1ccccc1C. The van der Waals surface area contributed by atoms with Gasteiger partial charge >= 0.3 is 0 Å². The molecule has 2 nitrogen and oxygen atoms in total. The van der Waals surface area contributed by atoms with Crippen molar-refractivity contribution < 1.29 is 10.2 Å². The second-order valence-electron chi connectivity index (χ2n) is 5.30. The van der Waals surface area contributed by atoms with Gasteiger partial charge in [0.15, 0.2) is 0 Å². The lowest BCUT2D eigenvalue weighted by Crippen LogP contribution is -2.37. The molecule has 0 radical (unpaired) electrons. The number of aliphatic hydroxyl groups is 2. The molecule has 0 aliphatic rings. The van der Waals surface area contributed by atoms with Crippen molar-refractivity contribution in [2.45, 2.75) is 45.4 Å². The molecule has 0 bridgehead atoms. The van der Waals surface area contributed by atoms with E-state index >= 15 is 0 Å². The smallest absolute Gasteiger partial charge is 0.0550 e. The summed E-state index contributed by atoms with van der Waals surface area (Å²) in [5, 5.41) is 19.7. The average Bonchev–Trinajstić information content (AvgIpc) is 2.42. The van der Waals surface area contributed by atoms with Crippen molar-refractivity contribution in [1.82, 2.24) is 0 Å². The first kappa shape index (κ1) is 15.2. The maximum absolute atomic E-state index is 9.83. The number of hydrogen-bond acceptors (Lipinski definition) is 2. The van der Waals surface area contributed by atoms with Gasteiger partial charge in [-0.15, -0.1) is 0 Å². The fourth-order valence-electron chi connectivity index (χ4n) is 2.76. The molecule has 1 rings (SSSR count). The highest BCUT2D eigenvalue weighted by Crippen LogP contribution is 2.34. The molecule has 1 aromatic carbocycles. The molecule has 0 fully saturated rings. The number of benzene rings is 1. The van der Waals surface area contributed by atoms with E-state index < -0.39 is 5.41 Å². The van der Waals surface area contributed by atoms with Gasteiger partial charge in [-0.05, 0) is 30.4 Å². The van der Waals surface area contributed by atoms with Crippen LogP contribution in [0.4, 0.5) is 0 Å². The van der Waals surface area contributed by atoms with Crippen LogP contribution in [0.1, 0.15) is 44.2 Å². The predicted molar refractivity (Wildman–Crippen MR) is 75.7 cm³/mol. The summed E-state index contributed by atoms with van der Waals surface area (Å²) < 4.78 is 0.